The van der Waals surface area contributed by atoms with E-state index in [2.05, 4.69) is 10.6 Å². The summed E-state index contributed by atoms with van der Waals surface area (Å²) in [7, 11) is 0. The van der Waals surface area contributed by atoms with E-state index in [0.717, 1.165) is 5.56 Å². The highest BCUT2D eigenvalue weighted by molar-refractivity contribution is 6.30. The van der Waals surface area contributed by atoms with E-state index < -0.39 is 6.03 Å². The number of hydrogen-bond acceptors (Lipinski definition) is 2. The molecule has 0 aliphatic rings. The molecular weight excluding hydrogens is 264 g/mol. The number of hydrogen-bond donors (Lipinski definition) is 3. The van der Waals surface area contributed by atoms with Gasteiger partial charge in [0, 0.05) is 10.7 Å². The Balaban J connectivity index is 2.05. The second kappa shape index (κ2) is 5.63. The van der Waals surface area contributed by atoms with Crippen molar-refractivity contribution in [3.8, 4) is 5.75 Å². The van der Waals surface area contributed by atoms with Gasteiger partial charge in [-0.1, -0.05) is 23.7 Å². The van der Waals surface area contributed by atoms with Crippen LogP contribution in [0.3, 0.4) is 0 Å². The van der Waals surface area contributed by atoms with Crippen LogP contribution in [0.5, 0.6) is 5.75 Å². The van der Waals surface area contributed by atoms with Gasteiger partial charge in [-0.15, -0.1) is 0 Å². The molecule has 0 aliphatic carbocycles. The molecule has 2 amide bonds. The normalized spacial score (nSPS) is 10.0. The molecule has 4 nitrogen and oxygen atoms in total. The first-order valence-corrected chi connectivity index (χ1v) is 6.05. The number of carbonyl (C=O) groups excluding carboxylic acids is 1. The first-order chi connectivity index (χ1) is 9.04. The third-order valence-corrected chi connectivity index (χ3v) is 2.72. The molecule has 0 radical (unpaired) electrons. The van der Waals surface area contributed by atoms with E-state index in [9.17, 15) is 9.90 Å². The van der Waals surface area contributed by atoms with Crippen LogP contribution < -0.4 is 10.6 Å². The molecule has 19 heavy (non-hydrogen) atoms. The highest BCUT2D eigenvalue weighted by Gasteiger charge is 2.06. The minimum absolute atomic E-state index is 0.0289. The van der Waals surface area contributed by atoms with Crippen molar-refractivity contribution < 1.29 is 9.90 Å². The summed E-state index contributed by atoms with van der Waals surface area (Å²) in [6.45, 7) is 1.86. The van der Waals surface area contributed by atoms with Crippen LogP contribution in [-0.4, -0.2) is 11.1 Å². The smallest absolute Gasteiger partial charge is 0.323 e. The van der Waals surface area contributed by atoms with E-state index in [1.807, 2.05) is 6.92 Å². The maximum atomic E-state index is 11.8. The second-order valence-electron chi connectivity index (χ2n) is 4.11. The summed E-state index contributed by atoms with van der Waals surface area (Å²) in [5, 5.41) is 15.4. The maximum Gasteiger partial charge on any atom is 0.323 e. The van der Waals surface area contributed by atoms with Crippen LogP contribution in [0.1, 0.15) is 5.56 Å². The van der Waals surface area contributed by atoms with Gasteiger partial charge in [-0.05, 0) is 42.8 Å². The molecule has 0 atom stereocenters. The number of aryl methyl sites for hydroxylation is 1. The van der Waals surface area contributed by atoms with Crippen LogP contribution >= 0.6 is 11.6 Å². The van der Waals surface area contributed by atoms with Gasteiger partial charge in [0.05, 0.1) is 5.69 Å². The predicted molar refractivity (Wildman–Crippen MR) is 76.9 cm³/mol. The number of rotatable bonds is 2. The van der Waals surface area contributed by atoms with Gasteiger partial charge in [0.25, 0.3) is 0 Å². The molecule has 0 spiro atoms. The number of urea groups is 1. The lowest BCUT2D eigenvalue weighted by Crippen LogP contribution is -2.19. The monoisotopic (exact) mass is 276 g/mol. The second-order valence-corrected chi connectivity index (χ2v) is 4.55. The van der Waals surface area contributed by atoms with Crippen molar-refractivity contribution in [1.82, 2.24) is 0 Å². The Hall–Kier alpha value is -2.20. The Bertz CT molecular complexity index is 614. The zero-order chi connectivity index (χ0) is 13.8. The van der Waals surface area contributed by atoms with Crippen molar-refractivity contribution >= 4 is 29.0 Å². The van der Waals surface area contributed by atoms with Gasteiger partial charge in [-0.2, -0.15) is 0 Å². The van der Waals surface area contributed by atoms with Crippen LogP contribution in [0, 0.1) is 6.92 Å². The maximum absolute atomic E-state index is 11.8. The van der Waals surface area contributed by atoms with Gasteiger partial charge in [-0.3, -0.25) is 0 Å². The number of halogens is 1. The van der Waals surface area contributed by atoms with Crippen molar-refractivity contribution in [3.05, 3.63) is 53.1 Å². The fourth-order valence-electron chi connectivity index (χ4n) is 1.60. The number of aromatic hydroxyl groups is 1. The van der Waals surface area contributed by atoms with Gasteiger partial charge < -0.3 is 15.7 Å². The van der Waals surface area contributed by atoms with E-state index in [1.54, 1.807) is 42.5 Å². The average Bonchev–Trinajstić information content (AvgIpc) is 2.33. The summed E-state index contributed by atoms with van der Waals surface area (Å²) in [5.74, 6) is 0.0289. The Labute approximate surface area is 116 Å². The van der Waals surface area contributed by atoms with E-state index in [0.29, 0.717) is 16.4 Å². The summed E-state index contributed by atoms with van der Waals surface area (Å²) < 4.78 is 0. The molecule has 0 saturated carbocycles. The fraction of sp³-hybridized carbons (Fsp3) is 0.0714. The molecule has 0 bridgehead atoms. The van der Waals surface area contributed by atoms with Crippen molar-refractivity contribution in [2.75, 3.05) is 10.6 Å². The van der Waals surface area contributed by atoms with E-state index >= 15 is 0 Å². The Morgan fingerprint density at radius 2 is 1.95 bits per heavy atom. The van der Waals surface area contributed by atoms with Crippen LogP contribution in [0.25, 0.3) is 0 Å². The SMILES string of the molecule is Cc1ccc(NC(=O)Nc2cccc(Cl)c2)c(O)c1. The molecule has 0 aliphatic heterocycles. The van der Waals surface area contributed by atoms with Gasteiger partial charge in [0.1, 0.15) is 5.75 Å². The van der Waals surface area contributed by atoms with Gasteiger partial charge in [0.15, 0.2) is 0 Å². The van der Waals surface area contributed by atoms with Gasteiger partial charge in [0.2, 0.25) is 0 Å². The summed E-state index contributed by atoms with van der Waals surface area (Å²) >= 11 is 5.82. The van der Waals surface area contributed by atoms with Gasteiger partial charge >= 0.3 is 6.03 Å². The number of anilines is 2. The molecule has 3 N–H and O–H groups in total. The van der Waals surface area contributed by atoms with Crippen LogP contribution in [0.15, 0.2) is 42.5 Å². The van der Waals surface area contributed by atoms with Crippen molar-refractivity contribution in [3.63, 3.8) is 0 Å². The molecule has 0 heterocycles. The first-order valence-electron chi connectivity index (χ1n) is 5.68. The van der Waals surface area contributed by atoms with Gasteiger partial charge in [-0.25, -0.2) is 4.79 Å². The van der Waals surface area contributed by atoms with E-state index in [-0.39, 0.29) is 5.75 Å². The number of phenols is 1. The van der Waals surface area contributed by atoms with Crippen LogP contribution in [-0.2, 0) is 0 Å². The van der Waals surface area contributed by atoms with Crippen molar-refractivity contribution in [2.24, 2.45) is 0 Å². The van der Waals surface area contributed by atoms with E-state index in [4.69, 9.17) is 11.6 Å². The highest BCUT2D eigenvalue weighted by Crippen LogP contribution is 2.24. The third kappa shape index (κ3) is 3.63. The molecule has 98 valence electrons. The lowest BCUT2D eigenvalue weighted by Gasteiger charge is -2.09. The average molecular weight is 277 g/mol. The Morgan fingerprint density at radius 1 is 1.16 bits per heavy atom. The first kappa shape index (κ1) is 13.2. The predicted octanol–water partition coefficient (Wildman–Crippen LogP) is 4.00. The summed E-state index contributed by atoms with van der Waals surface area (Å²) in [5.41, 5.74) is 1.85. The number of nitrogens with one attached hydrogen (secondary N) is 2. The highest BCUT2D eigenvalue weighted by atomic mass is 35.5. The van der Waals surface area contributed by atoms with E-state index in [1.165, 1.54) is 0 Å². The number of amides is 2. The third-order valence-electron chi connectivity index (χ3n) is 2.48. The quantitative estimate of drug-likeness (QED) is 0.726. The minimum atomic E-state index is -0.443. The molecule has 2 aromatic rings. The summed E-state index contributed by atoms with van der Waals surface area (Å²) in [4.78, 5) is 11.8. The lowest BCUT2D eigenvalue weighted by molar-refractivity contribution is 0.262. The lowest BCUT2D eigenvalue weighted by atomic mass is 10.2. The molecule has 0 fully saturated rings. The molecule has 0 aromatic heterocycles. The number of carbonyl (C=O) groups is 1. The summed E-state index contributed by atoms with van der Waals surface area (Å²) in [6.07, 6.45) is 0. The largest absolute Gasteiger partial charge is 0.506 e. The molecule has 2 rings (SSSR count). The van der Waals surface area contributed by atoms with Crippen molar-refractivity contribution in [2.45, 2.75) is 6.92 Å². The molecule has 2 aromatic carbocycles. The zero-order valence-electron chi connectivity index (χ0n) is 10.3. The topological polar surface area (TPSA) is 61.4 Å². The zero-order valence-corrected chi connectivity index (χ0v) is 11.0. The fourth-order valence-corrected chi connectivity index (χ4v) is 1.79. The Morgan fingerprint density at radius 3 is 2.63 bits per heavy atom. The summed E-state index contributed by atoms with van der Waals surface area (Å²) in [6, 6.07) is 11.4. The molecule has 5 heteroatoms. The van der Waals surface area contributed by atoms with Crippen LogP contribution in [0.2, 0.25) is 5.02 Å². The van der Waals surface area contributed by atoms with Crippen LogP contribution in [0.4, 0.5) is 16.2 Å². The standard InChI is InChI=1S/C14H13ClN2O2/c1-9-5-6-12(13(18)7-9)17-14(19)16-11-4-2-3-10(15)8-11/h2-8,18H,1H3,(H2,16,17,19). The molecule has 0 unspecified atom stereocenters. The Kier molecular flexibility index (Phi) is 3.92. The van der Waals surface area contributed by atoms with Crippen molar-refractivity contribution in [1.29, 1.82) is 0 Å². The molecule has 0 saturated heterocycles. The number of phenolic OH excluding ortho intramolecular Hbond substituents is 1. The number of benzene rings is 2. The minimum Gasteiger partial charge on any atom is -0.506 e. The molecular formula is C14H13ClN2O2.